The van der Waals surface area contributed by atoms with E-state index in [0.29, 0.717) is 0 Å². The molecule has 0 aromatic heterocycles. The maximum absolute atomic E-state index is 3.46. The Balaban J connectivity index is 1.99. The van der Waals surface area contributed by atoms with Crippen molar-refractivity contribution in [1.82, 2.24) is 5.32 Å². The second-order valence-corrected chi connectivity index (χ2v) is 5.28. The van der Waals surface area contributed by atoms with Gasteiger partial charge < -0.3 is 5.32 Å². The Morgan fingerprint density at radius 2 is 2.00 bits per heavy atom. The van der Waals surface area contributed by atoms with Gasteiger partial charge in [-0.15, -0.1) is 0 Å². The molecule has 0 aliphatic heterocycles. The van der Waals surface area contributed by atoms with Gasteiger partial charge in [-0.3, -0.25) is 0 Å². The summed E-state index contributed by atoms with van der Waals surface area (Å²) >= 11 is 2.09. The van der Waals surface area contributed by atoms with Crippen LogP contribution < -0.4 is 5.32 Å². The lowest BCUT2D eigenvalue weighted by molar-refractivity contribution is 0.168. The molecule has 1 rings (SSSR count). The molecule has 1 fully saturated rings. The highest BCUT2D eigenvalue weighted by molar-refractivity contribution is 7.99. The zero-order chi connectivity index (χ0) is 9.52. The van der Waals surface area contributed by atoms with E-state index in [1.807, 2.05) is 0 Å². The first kappa shape index (κ1) is 11.4. The predicted molar refractivity (Wildman–Crippen MR) is 62.4 cm³/mol. The third-order valence-corrected chi connectivity index (χ3v) is 4.00. The molecule has 13 heavy (non-hydrogen) atoms. The molecule has 0 aromatic rings. The highest BCUT2D eigenvalue weighted by Gasteiger charge is 2.29. The van der Waals surface area contributed by atoms with Crippen LogP contribution in [0.15, 0.2) is 0 Å². The first-order valence-corrected chi connectivity index (χ1v) is 6.82. The zero-order valence-electron chi connectivity index (χ0n) is 9.01. The highest BCUT2D eigenvalue weighted by atomic mass is 32.2. The van der Waals surface area contributed by atoms with Crippen molar-refractivity contribution in [1.29, 1.82) is 0 Å². The second kappa shape index (κ2) is 6.72. The monoisotopic (exact) mass is 201 g/mol. The first-order valence-electron chi connectivity index (χ1n) is 5.66. The number of thioether (sulfide) groups is 1. The van der Waals surface area contributed by atoms with Crippen LogP contribution in [0.4, 0.5) is 0 Å². The van der Waals surface area contributed by atoms with Gasteiger partial charge in [-0.2, -0.15) is 11.8 Å². The molecule has 0 spiro atoms. The van der Waals surface area contributed by atoms with E-state index < -0.39 is 0 Å². The fourth-order valence-corrected chi connectivity index (χ4v) is 2.75. The molecule has 1 nitrogen and oxygen atoms in total. The molecule has 1 saturated carbocycles. The molecule has 2 atom stereocenters. The van der Waals surface area contributed by atoms with Gasteiger partial charge in [0.2, 0.25) is 0 Å². The minimum Gasteiger partial charge on any atom is -0.317 e. The van der Waals surface area contributed by atoms with E-state index in [1.54, 1.807) is 0 Å². The maximum atomic E-state index is 3.46. The van der Waals surface area contributed by atoms with Crippen LogP contribution in [0.1, 0.15) is 33.1 Å². The van der Waals surface area contributed by atoms with Crippen molar-refractivity contribution in [2.24, 2.45) is 11.8 Å². The van der Waals surface area contributed by atoms with E-state index in [4.69, 9.17) is 0 Å². The van der Waals surface area contributed by atoms with Crippen LogP contribution >= 0.6 is 11.8 Å². The van der Waals surface area contributed by atoms with E-state index in [-0.39, 0.29) is 0 Å². The summed E-state index contributed by atoms with van der Waals surface area (Å²) in [4.78, 5) is 0. The highest BCUT2D eigenvalue weighted by Crippen LogP contribution is 2.36. The van der Waals surface area contributed by atoms with Crippen molar-refractivity contribution in [3.8, 4) is 0 Å². The van der Waals surface area contributed by atoms with E-state index >= 15 is 0 Å². The molecule has 2 heteroatoms. The minimum absolute atomic E-state index is 0.998. The maximum Gasteiger partial charge on any atom is -0.00180 e. The summed E-state index contributed by atoms with van der Waals surface area (Å²) in [6.45, 7) is 6.84. The van der Waals surface area contributed by atoms with Crippen LogP contribution in [0.25, 0.3) is 0 Å². The third kappa shape index (κ3) is 3.90. The molecule has 0 aromatic carbocycles. The Bertz CT molecular complexity index is 127. The number of rotatable bonds is 7. The molecule has 2 unspecified atom stereocenters. The Morgan fingerprint density at radius 3 is 2.54 bits per heavy atom. The van der Waals surface area contributed by atoms with Gasteiger partial charge in [-0.25, -0.2) is 0 Å². The molecule has 0 bridgehead atoms. The molecule has 1 aliphatic rings. The fraction of sp³-hybridized carbons (Fsp3) is 1.00. The summed E-state index contributed by atoms with van der Waals surface area (Å²) in [5.74, 6) is 4.70. The average Bonchev–Trinajstić information content (AvgIpc) is 2.11. The quantitative estimate of drug-likeness (QED) is 0.636. The van der Waals surface area contributed by atoms with Crippen molar-refractivity contribution < 1.29 is 0 Å². The summed E-state index contributed by atoms with van der Waals surface area (Å²) in [7, 11) is 0. The molecule has 0 heterocycles. The van der Waals surface area contributed by atoms with Gasteiger partial charge in [0.25, 0.3) is 0 Å². The van der Waals surface area contributed by atoms with Crippen molar-refractivity contribution in [2.45, 2.75) is 33.1 Å². The van der Waals surface area contributed by atoms with Crippen LogP contribution in [-0.2, 0) is 0 Å². The van der Waals surface area contributed by atoms with Crippen LogP contribution in [-0.4, -0.2) is 24.6 Å². The normalized spacial score (nSPS) is 27.2. The van der Waals surface area contributed by atoms with Crippen molar-refractivity contribution in [3.05, 3.63) is 0 Å². The number of nitrogens with one attached hydrogen (secondary N) is 1. The van der Waals surface area contributed by atoms with Gasteiger partial charge in [0.15, 0.2) is 0 Å². The Hall–Kier alpha value is 0.310. The van der Waals surface area contributed by atoms with E-state index in [0.717, 1.165) is 18.4 Å². The Morgan fingerprint density at radius 1 is 1.23 bits per heavy atom. The lowest BCUT2D eigenvalue weighted by Gasteiger charge is -2.37. The number of hydrogen-bond acceptors (Lipinski definition) is 2. The Kier molecular flexibility index (Phi) is 5.88. The largest absolute Gasteiger partial charge is 0.317 e. The lowest BCUT2D eigenvalue weighted by Crippen LogP contribution is -2.35. The van der Waals surface area contributed by atoms with Crippen LogP contribution in [0, 0.1) is 11.8 Å². The predicted octanol–water partition coefficient (Wildman–Crippen LogP) is 2.77. The lowest BCUT2D eigenvalue weighted by atomic mass is 9.72. The van der Waals surface area contributed by atoms with Crippen LogP contribution in [0.5, 0.6) is 0 Å². The summed E-state index contributed by atoms with van der Waals surface area (Å²) in [5.41, 5.74) is 0. The van der Waals surface area contributed by atoms with E-state index in [1.165, 1.54) is 37.3 Å². The van der Waals surface area contributed by atoms with Crippen molar-refractivity contribution >= 4 is 11.8 Å². The van der Waals surface area contributed by atoms with E-state index in [2.05, 4.69) is 30.9 Å². The van der Waals surface area contributed by atoms with Crippen molar-refractivity contribution in [2.75, 3.05) is 24.6 Å². The number of hydrogen-bond donors (Lipinski definition) is 1. The molecular formula is C11H23NS. The van der Waals surface area contributed by atoms with Gasteiger partial charge in [-0.05, 0) is 55.7 Å². The van der Waals surface area contributed by atoms with Gasteiger partial charge >= 0.3 is 0 Å². The topological polar surface area (TPSA) is 12.0 Å². The fourth-order valence-electron chi connectivity index (χ4n) is 2.00. The van der Waals surface area contributed by atoms with Gasteiger partial charge in [0.1, 0.15) is 0 Å². The molecule has 1 N–H and O–H groups in total. The first-order chi connectivity index (χ1) is 6.38. The standard InChI is InChI=1S/C11H23NS/c1-3-12-9-11-6-5-10(11)7-8-13-4-2/h10-12H,3-9H2,1-2H3. The van der Waals surface area contributed by atoms with Crippen LogP contribution in [0.2, 0.25) is 0 Å². The summed E-state index contributed by atoms with van der Waals surface area (Å²) in [5, 5.41) is 3.46. The molecule has 0 saturated heterocycles. The molecule has 0 radical (unpaired) electrons. The van der Waals surface area contributed by atoms with Crippen molar-refractivity contribution in [3.63, 3.8) is 0 Å². The zero-order valence-corrected chi connectivity index (χ0v) is 9.83. The third-order valence-electron chi connectivity index (χ3n) is 3.07. The molecule has 1 aliphatic carbocycles. The minimum atomic E-state index is 0.998. The SMILES string of the molecule is CCNCC1CCC1CCSCC. The van der Waals surface area contributed by atoms with Gasteiger partial charge in [-0.1, -0.05) is 13.8 Å². The van der Waals surface area contributed by atoms with Gasteiger partial charge in [0.05, 0.1) is 0 Å². The smallest absolute Gasteiger partial charge is 0.00180 e. The average molecular weight is 201 g/mol. The molecular weight excluding hydrogens is 178 g/mol. The van der Waals surface area contributed by atoms with Crippen LogP contribution in [0.3, 0.4) is 0 Å². The summed E-state index contributed by atoms with van der Waals surface area (Å²) in [6.07, 6.45) is 4.41. The second-order valence-electron chi connectivity index (χ2n) is 3.89. The van der Waals surface area contributed by atoms with E-state index in [9.17, 15) is 0 Å². The summed E-state index contributed by atoms with van der Waals surface area (Å²) in [6, 6.07) is 0. The Labute approximate surface area is 87.1 Å². The summed E-state index contributed by atoms with van der Waals surface area (Å²) < 4.78 is 0. The molecule has 0 amide bonds. The molecule has 78 valence electrons. The van der Waals surface area contributed by atoms with Gasteiger partial charge in [0, 0.05) is 0 Å².